The van der Waals surface area contributed by atoms with Crippen LogP contribution in [0.4, 0.5) is 11.4 Å². The molecule has 0 N–H and O–H groups in total. The predicted octanol–water partition coefficient (Wildman–Crippen LogP) is 7.76. The molecule has 3 aliphatic heterocycles. The molecule has 0 aliphatic carbocycles. The molecule has 0 unspecified atom stereocenters. The van der Waals surface area contributed by atoms with Gasteiger partial charge in [0, 0.05) is 27.2 Å². The van der Waals surface area contributed by atoms with Crippen LogP contribution in [-0.4, -0.2) is 44.1 Å². The highest BCUT2D eigenvalue weighted by atomic mass is 79.9. The maximum absolute atomic E-state index is 13.2. The van der Waals surface area contributed by atoms with Crippen molar-refractivity contribution in [1.82, 2.24) is 9.97 Å². The normalized spacial score (nSPS) is 20.9. The lowest BCUT2D eigenvalue weighted by Gasteiger charge is -2.26. The summed E-state index contributed by atoms with van der Waals surface area (Å²) >= 11 is 14.0. The Morgan fingerprint density at radius 1 is 0.705 bits per heavy atom. The second-order valence-electron chi connectivity index (χ2n) is 10.7. The molecule has 4 amide bonds. The molecule has 0 saturated carbocycles. The fourth-order valence-electron chi connectivity index (χ4n) is 5.16. The molecule has 0 bridgehead atoms. The molecule has 2 atom stereocenters. The molecule has 2 aromatic heterocycles. The SMILES string of the molecule is CC1(C)c2sc(S[C@H]3CC(=O)N(c4ccc(Br)cc4)C3=O)nc2Sc2nc(S[C@@H]3CC(=O)N(c4ccc(Br)cc4)C3=O)sc21. The monoisotopic (exact) mass is 806 g/mol. The summed E-state index contributed by atoms with van der Waals surface area (Å²) in [5.41, 5.74) is 0.742. The van der Waals surface area contributed by atoms with Crippen LogP contribution in [0, 0.1) is 0 Å². The van der Waals surface area contributed by atoms with Gasteiger partial charge in [-0.05, 0) is 74.1 Å². The minimum absolute atomic E-state index is 0.122. The van der Waals surface area contributed by atoms with E-state index in [9.17, 15) is 19.2 Å². The lowest BCUT2D eigenvalue weighted by atomic mass is 9.90. The fraction of sp³-hybridized carbons (Fsp3) is 0.241. The molecular formula is C29H20Br2N4O4S5. The highest BCUT2D eigenvalue weighted by Crippen LogP contribution is 2.55. The Hall–Kier alpha value is -2.01. The van der Waals surface area contributed by atoms with E-state index in [-0.39, 0.29) is 41.9 Å². The maximum atomic E-state index is 13.2. The number of nitrogens with zero attached hydrogens (tertiary/aromatic N) is 4. The lowest BCUT2D eigenvalue weighted by molar-refractivity contribution is -0.122. The summed E-state index contributed by atoms with van der Waals surface area (Å²) in [6.45, 7) is 4.26. The number of carbonyl (C=O) groups excluding carboxylic acids is 4. The first-order valence-corrected chi connectivity index (χ1v) is 19.1. The molecule has 0 spiro atoms. The Labute approximate surface area is 290 Å². The van der Waals surface area contributed by atoms with Crippen LogP contribution in [0.15, 0.2) is 76.2 Å². The molecule has 2 saturated heterocycles. The van der Waals surface area contributed by atoms with Crippen molar-refractivity contribution in [1.29, 1.82) is 0 Å². The molecule has 15 heteroatoms. The van der Waals surface area contributed by atoms with E-state index < -0.39 is 10.5 Å². The zero-order chi connectivity index (χ0) is 30.9. The number of fused-ring (bicyclic) bond motifs is 2. The quantitative estimate of drug-likeness (QED) is 0.181. The van der Waals surface area contributed by atoms with Gasteiger partial charge in [0.25, 0.3) is 0 Å². The number of thioether (sulfide) groups is 2. The van der Waals surface area contributed by atoms with Gasteiger partial charge in [-0.1, -0.05) is 55.4 Å². The Balaban J connectivity index is 1.07. The number of hydrogen-bond donors (Lipinski definition) is 0. The fourth-order valence-corrected chi connectivity index (χ4v) is 12.5. The molecular weight excluding hydrogens is 788 g/mol. The lowest BCUT2D eigenvalue weighted by Crippen LogP contribution is -2.31. The van der Waals surface area contributed by atoms with Crippen molar-refractivity contribution in [3.63, 3.8) is 0 Å². The molecule has 8 nitrogen and oxygen atoms in total. The van der Waals surface area contributed by atoms with Crippen molar-refractivity contribution in [2.45, 2.75) is 61.3 Å². The largest absolute Gasteiger partial charge is 0.274 e. The molecule has 4 aromatic rings. The smallest absolute Gasteiger partial charge is 0.247 e. The predicted molar refractivity (Wildman–Crippen MR) is 182 cm³/mol. The highest BCUT2D eigenvalue weighted by molar-refractivity contribution is 9.10. The maximum Gasteiger partial charge on any atom is 0.247 e. The number of imide groups is 2. The van der Waals surface area contributed by atoms with Crippen LogP contribution in [0.3, 0.4) is 0 Å². The molecule has 7 rings (SSSR count). The van der Waals surface area contributed by atoms with Gasteiger partial charge in [-0.15, -0.1) is 22.7 Å². The summed E-state index contributed by atoms with van der Waals surface area (Å²) < 4.78 is 3.23. The molecule has 3 aliphatic rings. The van der Waals surface area contributed by atoms with Crippen molar-refractivity contribution in [2.24, 2.45) is 0 Å². The van der Waals surface area contributed by atoms with E-state index in [1.165, 1.54) is 45.1 Å². The Morgan fingerprint density at radius 3 is 1.48 bits per heavy atom. The summed E-state index contributed by atoms with van der Waals surface area (Å²) in [6.07, 6.45) is 0.245. The van der Waals surface area contributed by atoms with Gasteiger partial charge in [0.15, 0.2) is 8.68 Å². The van der Waals surface area contributed by atoms with Crippen LogP contribution in [0.5, 0.6) is 0 Å². The Kier molecular flexibility index (Phi) is 8.12. The third kappa shape index (κ3) is 5.41. The molecule has 2 fully saturated rings. The van der Waals surface area contributed by atoms with Gasteiger partial charge in [-0.3, -0.25) is 19.2 Å². The molecule has 2 aromatic carbocycles. The van der Waals surface area contributed by atoms with E-state index in [1.54, 1.807) is 46.9 Å². The van der Waals surface area contributed by atoms with Crippen LogP contribution in [0.2, 0.25) is 0 Å². The van der Waals surface area contributed by atoms with Crippen molar-refractivity contribution < 1.29 is 19.2 Å². The summed E-state index contributed by atoms with van der Waals surface area (Å²) in [7, 11) is 0. The average molecular weight is 809 g/mol. The number of thiazole rings is 2. The standard InChI is InChI=1S/C29H20Br2N4O4S5/c1-29(2)21-23(32-27(42-21)40-17-11-19(36)34(25(17)38)15-7-3-13(30)4-8-15)44-24-22(29)43-28(33-24)41-18-12-20(37)35(26(18)39)16-9-5-14(31)6-10-16/h3-10,17-18H,11-12H2,1-2H3/t17-,18+. The van der Waals surface area contributed by atoms with Gasteiger partial charge in [-0.2, -0.15) is 0 Å². The minimum atomic E-state index is -0.536. The van der Waals surface area contributed by atoms with Crippen molar-refractivity contribution >= 4 is 125 Å². The summed E-state index contributed by atoms with van der Waals surface area (Å²) in [5, 5.41) is 0.607. The van der Waals surface area contributed by atoms with E-state index in [2.05, 4.69) is 45.7 Å². The first kappa shape index (κ1) is 30.6. The number of hydrogen-bond acceptors (Lipinski definition) is 11. The number of benzene rings is 2. The van der Waals surface area contributed by atoms with Crippen molar-refractivity contribution in [2.75, 3.05) is 9.80 Å². The Bertz CT molecular complexity index is 1730. The summed E-state index contributed by atoms with van der Waals surface area (Å²) in [4.78, 5) is 66.4. The average Bonchev–Trinajstić information content (AvgIpc) is 3.71. The van der Waals surface area contributed by atoms with Crippen molar-refractivity contribution in [3.05, 3.63) is 67.2 Å². The third-order valence-corrected chi connectivity index (χ3v) is 15.0. The first-order chi connectivity index (χ1) is 21.0. The van der Waals surface area contributed by atoms with Gasteiger partial charge in [-0.25, -0.2) is 19.8 Å². The molecule has 44 heavy (non-hydrogen) atoms. The van der Waals surface area contributed by atoms with E-state index in [4.69, 9.17) is 9.97 Å². The molecule has 224 valence electrons. The third-order valence-electron chi connectivity index (χ3n) is 7.35. The van der Waals surface area contributed by atoms with Crippen LogP contribution >= 0.6 is 89.8 Å². The van der Waals surface area contributed by atoms with E-state index >= 15 is 0 Å². The summed E-state index contributed by atoms with van der Waals surface area (Å²) in [6, 6.07) is 14.3. The zero-order valence-electron chi connectivity index (χ0n) is 22.9. The summed E-state index contributed by atoms with van der Waals surface area (Å²) in [5.74, 6) is -0.902. The van der Waals surface area contributed by atoms with Crippen LogP contribution in [0.25, 0.3) is 0 Å². The number of rotatable bonds is 6. The zero-order valence-corrected chi connectivity index (χ0v) is 30.2. The first-order valence-electron chi connectivity index (χ1n) is 13.3. The second-order valence-corrected chi connectivity index (χ2v) is 18.4. The van der Waals surface area contributed by atoms with Gasteiger partial charge in [0.2, 0.25) is 23.6 Å². The number of carbonyl (C=O) groups is 4. The van der Waals surface area contributed by atoms with Crippen LogP contribution < -0.4 is 9.80 Å². The number of amides is 4. The number of anilines is 2. The van der Waals surface area contributed by atoms with Gasteiger partial charge >= 0.3 is 0 Å². The van der Waals surface area contributed by atoms with Crippen LogP contribution in [0.1, 0.15) is 36.4 Å². The van der Waals surface area contributed by atoms with E-state index in [1.807, 2.05) is 24.3 Å². The van der Waals surface area contributed by atoms with Crippen LogP contribution in [-0.2, 0) is 24.6 Å². The van der Waals surface area contributed by atoms with E-state index in [0.717, 1.165) is 37.4 Å². The van der Waals surface area contributed by atoms with E-state index in [0.29, 0.717) is 11.4 Å². The number of halogens is 2. The van der Waals surface area contributed by atoms with Gasteiger partial charge in [0.05, 0.1) is 21.1 Å². The van der Waals surface area contributed by atoms with Gasteiger partial charge in [0.1, 0.15) is 20.6 Å². The minimum Gasteiger partial charge on any atom is -0.274 e. The number of aromatic nitrogens is 2. The Morgan fingerprint density at radius 2 is 1.09 bits per heavy atom. The topological polar surface area (TPSA) is 101 Å². The highest BCUT2D eigenvalue weighted by Gasteiger charge is 2.45. The van der Waals surface area contributed by atoms with Gasteiger partial charge < -0.3 is 0 Å². The van der Waals surface area contributed by atoms with Crippen molar-refractivity contribution in [3.8, 4) is 0 Å². The second kappa shape index (κ2) is 11.7. The molecule has 5 heterocycles. The molecule has 0 radical (unpaired) electrons.